The molecule has 0 spiro atoms. The number of carbonyl (C=O) groups excluding carboxylic acids is 1. The number of piperidine rings is 1. The summed E-state index contributed by atoms with van der Waals surface area (Å²) in [7, 11) is 0. The van der Waals surface area contributed by atoms with Crippen molar-refractivity contribution in [2.75, 3.05) is 24.5 Å². The number of thioether (sulfide) groups is 1. The lowest BCUT2D eigenvalue weighted by atomic mass is 9.90. The fourth-order valence-electron chi connectivity index (χ4n) is 5.34. The molecule has 0 atom stereocenters. The summed E-state index contributed by atoms with van der Waals surface area (Å²) < 4.78 is 2.02. The minimum absolute atomic E-state index is 0.00243. The SMILES string of the molecule is CCCCn1c(N2CCC(Cc3ccccc3)CC2)c(/C=C2/SC(=S)N(CCC(=O)O)C2=O)c(C)c(C#N)c1=O. The third kappa shape index (κ3) is 6.48. The zero-order valence-electron chi connectivity index (χ0n) is 22.9. The summed E-state index contributed by atoms with van der Waals surface area (Å²) in [6, 6.07) is 12.6. The molecule has 10 heteroatoms. The molecule has 2 saturated heterocycles. The van der Waals surface area contributed by atoms with Crippen molar-refractivity contribution < 1.29 is 14.7 Å². The maximum atomic E-state index is 13.5. The van der Waals surface area contributed by atoms with E-state index in [2.05, 4.69) is 42.2 Å². The monoisotopic (exact) mass is 578 g/mol. The number of unbranched alkanes of at least 4 members (excludes halogenated alkanes) is 1. The van der Waals surface area contributed by atoms with Crippen LogP contribution in [0.1, 0.15) is 61.3 Å². The minimum Gasteiger partial charge on any atom is -0.481 e. The lowest BCUT2D eigenvalue weighted by Gasteiger charge is -2.36. The average Bonchev–Trinajstić information content (AvgIpc) is 3.21. The zero-order valence-corrected chi connectivity index (χ0v) is 24.5. The number of nitrogens with zero attached hydrogens (tertiary/aromatic N) is 4. The number of rotatable bonds is 10. The summed E-state index contributed by atoms with van der Waals surface area (Å²) in [5.41, 5.74) is 2.30. The number of nitriles is 1. The molecule has 40 heavy (non-hydrogen) atoms. The Morgan fingerprint density at radius 2 is 1.90 bits per heavy atom. The Labute approximate surface area is 244 Å². The van der Waals surface area contributed by atoms with Crippen LogP contribution >= 0.6 is 24.0 Å². The molecule has 3 heterocycles. The van der Waals surface area contributed by atoms with Crippen LogP contribution in [0.4, 0.5) is 5.82 Å². The van der Waals surface area contributed by atoms with Crippen LogP contribution in [0.3, 0.4) is 0 Å². The Morgan fingerprint density at radius 3 is 2.52 bits per heavy atom. The highest BCUT2D eigenvalue weighted by molar-refractivity contribution is 8.26. The van der Waals surface area contributed by atoms with E-state index in [0.717, 1.165) is 62.8 Å². The number of hydrogen-bond donors (Lipinski definition) is 1. The highest BCUT2D eigenvalue weighted by Gasteiger charge is 2.34. The van der Waals surface area contributed by atoms with Crippen molar-refractivity contribution in [1.29, 1.82) is 5.26 Å². The third-order valence-corrected chi connectivity index (χ3v) is 8.94. The first-order valence-electron chi connectivity index (χ1n) is 13.7. The van der Waals surface area contributed by atoms with Gasteiger partial charge in [-0.3, -0.25) is 23.9 Å². The molecule has 8 nitrogen and oxygen atoms in total. The summed E-state index contributed by atoms with van der Waals surface area (Å²) in [5, 5.41) is 19.0. The van der Waals surface area contributed by atoms with Crippen molar-refractivity contribution in [2.24, 2.45) is 5.92 Å². The van der Waals surface area contributed by atoms with Crippen LogP contribution in [0.5, 0.6) is 0 Å². The highest BCUT2D eigenvalue weighted by atomic mass is 32.2. The largest absolute Gasteiger partial charge is 0.481 e. The van der Waals surface area contributed by atoms with Crippen LogP contribution in [0.2, 0.25) is 0 Å². The van der Waals surface area contributed by atoms with Gasteiger partial charge in [0.1, 0.15) is 21.8 Å². The Kier molecular flexibility index (Phi) is 9.82. The number of aromatic nitrogens is 1. The first-order valence-corrected chi connectivity index (χ1v) is 14.9. The summed E-state index contributed by atoms with van der Waals surface area (Å²) in [4.78, 5) is 41.8. The molecule has 0 aliphatic carbocycles. The summed E-state index contributed by atoms with van der Waals surface area (Å²) in [6.07, 6.45) is 6.14. The molecule has 2 fully saturated rings. The first kappa shape index (κ1) is 29.6. The highest BCUT2D eigenvalue weighted by Crippen LogP contribution is 2.37. The van der Waals surface area contributed by atoms with Gasteiger partial charge in [-0.05, 0) is 55.7 Å². The molecule has 0 bridgehead atoms. The van der Waals surface area contributed by atoms with E-state index < -0.39 is 5.97 Å². The fraction of sp³-hybridized carbons (Fsp3) is 0.433. The van der Waals surface area contributed by atoms with E-state index in [1.807, 2.05) is 6.07 Å². The van der Waals surface area contributed by atoms with Gasteiger partial charge in [0.25, 0.3) is 11.5 Å². The number of aliphatic carboxylic acids is 1. The van der Waals surface area contributed by atoms with Crippen molar-refractivity contribution in [3.05, 3.63) is 67.8 Å². The van der Waals surface area contributed by atoms with Gasteiger partial charge < -0.3 is 10.0 Å². The number of pyridine rings is 1. The van der Waals surface area contributed by atoms with E-state index in [4.69, 9.17) is 17.3 Å². The number of carboxylic acid groups (broad SMARTS) is 1. The molecule has 2 aliphatic rings. The number of anilines is 1. The van der Waals surface area contributed by atoms with Gasteiger partial charge in [0.15, 0.2) is 0 Å². The second-order valence-corrected chi connectivity index (χ2v) is 11.9. The summed E-state index contributed by atoms with van der Waals surface area (Å²) in [6.45, 7) is 5.81. The standard InChI is InChI=1S/C30H34N4O4S2/c1-3-4-13-33-27(32-14-10-22(11-15-32)17-21-8-6-5-7-9-21)23(20(2)24(19-31)28(33)37)18-25-29(38)34(30(39)40-25)16-12-26(35)36/h5-9,18,22H,3-4,10-17H2,1-2H3,(H,35,36)/b25-18+. The third-order valence-electron chi connectivity index (χ3n) is 7.56. The van der Waals surface area contributed by atoms with Crippen LogP contribution in [0.15, 0.2) is 40.0 Å². The van der Waals surface area contributed by atoms with Crippen LogP contribution in [0.25, 0.3) is 6.08 Å². The minimum atomic E-state index is -1.01. The molecule has 2 aromatic rings. The van der Waals surface area contributed by atoms with Gasteiger partial charge in [-0.2, -0.15) is 5.26 Å². The quantitative estimate of drug-likeness (QED) is 0.311. The lowest BCUT2D eigenvalue weighted by Crippen LogP contribution is -2.40. The van der Waals surface area contributed by atoms with E-state index in [-0.39, 0.29) is 30.0 Å². The van der Waals surface area contributed by atoms with E-state index >= 15 is 0 Å². The molecular formula is C30H34N4O4S2. The zero-order chi connectivity index (χ0) is 28.8. The second-order valence-electron chi connectivity index (χ2n) is 10.3. The Bertz CT molecular complexity index is 1420. The normalized spacial score (nSPS) is 17.1. The van der Waals surface area contributed by atoms with E-state index in [9.17, 15) is 19.6 Å². The molecule has 210 valence electrons. The maximum absolute atomic E-state index is 13.5. The van der Waals surface area contributed by atoms with E-state index in [1.54, 1.807) is 17.6 Å². The summed E-state index contributed by atoms with van der Waals surface area (Å²) >= 11 is 6.51. The Balaban J connectivity index is 1.73. The molecule has 1 N–H and O–H groups in total. The second kappa shape index (κ2) is 13.3. The molecule has 1 aromatic carbocycles. The number of carboxylic acids is 1. The van der Waals surface area contributed by atoms with Crippen LogP contribution in [0, 0.1) is 24.2 Å². The van der Waals surface area contributed by atoms with Crippen molar-refractivity contribution in [3.63, 3.8) is 0 Å². The summed E-state index contributed by atoms with van der Waals surface area (Å²) in [5.74, 6) is -0.0896. The number of amides is 1. The fourth-order valence-corrected chi connectivity index (χ4v) is 6.63. The van der Waals surface area contributed by atoms with Gasteiger partial charge in [-0.1, -0.05) is 67.7 Å². The van der Waals surface area contributed by atoms with Gasteiger partial charge in [0.05, 0.1) is 11.3 Å². The van der Waals surface area contributed by atoms with Crippen molar-refractivity contribution in [3.8, 4) is 6.07 Å². The molecule has 1 aromatic heterocycles. The molecule has 0 unspecified atom stereocenters. The van der Waals surface area contributed by atoms with E-state index in [1.165, 1.54) is 10.5 Å². The predicted octanol–water partition coefficient (Wildman–Crippen LogP) is 4.96. The lowest BCUT2D eigenvalue weighted by molar-refractivity contribution is -0.137. The first-order chi connectivity index (χ1) is 19.2. The smallest absolute Gasteiger partial charge is 0.305 e. The maximum Gasteiger partial charge on any atom is 0.305 e. The predicted molar refractivity (Wildman–Crippen MR) is 162 cm³/mol. The number of hydrogen-bond acceptors (Lipinski definition) is 7. The number of thiocarbonyl (C=S) groups is 1. The topological polar surface area (TPSA) is 107 Å². The van der Waals surface area contributed by atoms with Crippen LogP contribution < -0.4 is 10.5 Å². The molecular weight excluding hydrogens is 544 g/mol. The van der Waals surface area contributed by atoms with E-state index in [0.29, 0.717) is 32.8 Å². The van der Waals surface area contributed by atoms with Gasteiger partial charge in [0.2, 0.25) is 0 Å². The molecule has 0 saturated carbocycles. The van der Waals surface area contributed by atoms with Crippen LogP contribution in [-0.4, -0.2) is 50.4 Å². The molecule has 4 rings (SSSR count). The van der Waals surface area contributed by atoms with Gasteiger partial charge in [-0.25, -0.2) is 0 Å². The van der Waals surface area contributed by atoms with Crippen molar-refractivity contribution in [2.45, 2.75) is 58.9 Å². The van der Waals surface area contributed by atoms with Crippen molar-refractivity contribution in [1.82, 2.24) is 9.47 Å². The van der Waals surface area contributed by atoms with Crippen LogP contribution in [-0.2, 0) is 22.6 Å². The van der Waals surface area contributed by atoms with Gasteiger partial charge >= 0.3 is 5.97 Å². The van der Waals surface area contributed by atoms with Gasteiger partial charge in [0, 0.05) is 31.7 Å². The average molecular weight is 579 g/mol. The number of benzene rings is 1. The Morgan fingerprint density at radius 1 is 1.20 bits per heavy atom. The molecule has 0 radical (unpaired) electrons. The van der Waals surface area contributed by atoms with Gasteiger partial charge in [-0.15, -0.1) is 0 Å². The number of carbonyl (C=O) groups is 2. The Hall–Kier alpha value is -3.42. The van der Waals surface area contributed by atoms with Crippen molar-refractivity contribution >= 4 is 52.1 Å². The molecule has 2 aliphatic heterocycles. The molecule has 1 amide bonds.